The predicted octanol–water partition coefficient (Wildman–Crippen LogP) is 2.68. The summed E-state index contributed by atoms with van der Waals surface area (Å²) in [7, 11) is 0. The van der Waals surface area contributed by atoms with E-state index in [2.05, 4.69) is 29.3 Å². The molecule has 2 unspecified atom stereocenters. The van der Waals surface area contributed by atoms with Gasteiger partial charge in [-0.05, 0) is 45.2 Å². The van der Waals surface area contributed by atoms with Crippen LogP contribution in [0.25, 0.3) is 0 Å². The number of hydrogen-bond donors (Lipinski definition) is 2. The normalized spacial score (nSPS) is 24.2. The van der Waals surface area contributed by atoms with E-state index in [0.717, 1.165) is 18.4 Å². The highest BCUT2D eigenvalue weighted by molar-refractivity contribution is 5.94. The fourth-order valence-corrected chi connectivity index (χ4v) is 2.68. The van der Waals surface area contributed by atoms with Gasteiger partial charge in [0.15, 0.2) is 5.82 Å². The van der Waals surface area contributed by atoms with Crippen LogP contribution in [0.5, 0.6) is 0 Å². The molecular formula is C14H21N3O2. The van der Waals surface area contributed by atoms with E-state index in [0.29, 0.717) is 17.9 Å². The number of nitrogens with zero attached hydrogens (tertiary/aromatic N) is 2. The van der Waals surface area contributed by atoms with E-state index in [4.69, 9.17) is 0 Å². The summed E-state index contributed by atoms with van der Waals surface area (Å²) in [6.45, 7) is 6.09. The van der Waals surface area contributed by atoms with Crippen molar-refractivity contribution in [1.29, 1.82) is 0 Å². The molecule has 2 rings (SSSR count). The molecule has 0 bridgehead atoms. The second kappa shape index (κ2) is 5.57. The Balaban J connectivity index is 2.27. The zero-order valence-corrected chi connectivity index (χ0v) is 11.7. The lowest BCUT2D eigenvalue weighted by Crippen LogP contribution is -2.47. The van der Waals surface area contributed by atoms with Crippen molar-refractivity contribution in [2.24, 2.45) is 0 Å². The summed E-state index contributed by atoms with van der Waals surface area (Å²) in [6, 6.07) is 2.48. The maximum atomic E-state index is 11.3. The molecule has 0 aromatic carbocycles. The van der Waals surface area contributed by atoms with E-state index in [-0.39, 0.29) is 5.56 Å². The largest absolute Gasteiger partial charge is 0.478 e. The number of hydrazine groups is 1. The Morgan fingerprint density at radius 1 is 1.42 bits per heavy atom. The minimum Gasteiger partial charge on any atom is -0.478 e. The Hall–Kier alpha value is -1.62. The number of pyridine rings is 1. The molecule has 1 aromatic rings. The molecule has 5 nitrogen and oxygen atoms in total. The molecule has 0 spiro atoms. The van der Waals surface area contributed by atoms with Crippen LogP contribution in [0.3, 0.4) is 0 Å². The lowest BCUT2D eigenvalue weighted by molar-refractivity contribution is 0.0694. The van der Waals surface area contributed by atoms with Gasteiger partial charge in [-0.1, -0.05) is 6.42 Å². The highest BCUT2D eigenvalue weighted by atomic mass is 16.4. The van der Waals surface area contributed by atoms with Gasteiger partial charge in [0, 0.05) is 18.3 Å². The molecule has 1 fully saturated rings. The first kappa shape index (κ1) is 13.8. The average Bonchev–Trinajstić information content (AvgIpc) is 2.33. The number of aromatic carboxylic acids is 1. The molecule has 19 heavy (non-hydrogen) atoms. The number of carboxylic acid groups (broad SMARTS) is 1. The van der Waals surface area contributed by atoms with E-state index in [9.17, 15) is 9.90 Å². The third kappa shape index (κ3) is 2.87. The van der Waals surface area contributed by atoms with Crippen LogP contribution in [0.15, 0.2) is 12.3 Å². The summed E-state index contributed by atoms with van der Waals surface area (Å²) in [4.78, 5) is 15.5. The van der Waals surface area contributed by atoms with Crippen molar-refractivity contribution in [3.63, 3.8) is 0 Å². The van der Waals surface area contributed by atoms with Crippen LogP contribution >= 0.6 is 0 Å². The van der Waals surface area contributed by atoms with Crippen LogP contribution in [-0.4, -0.2) is 33.2 Å². The van der Waals surface area contributed by atoms with Crippen molar-refractivity contribution in [1.82, 2.24) is 9.99 Å². The first-order valence-electron chi connectivity index (χ1n) is 6.74. The maximum absolute atomic E-state index is 11.3. The smallest absolute Gasteiger partial charge is 0.339 e. The zero-order chi connectivity index (χ0) is 14.0. The number of piperidine rings is 1. The van der Waals surface area contributed by atoms with Gasteiger partial charge in [0.2, 0.25) is 0 Å². The first-order chi connectivity index (χ1) is 9.00. The summed E-state index contributed by atoms with van der Waals surface area (Å²) >= 11 is 0. The Labute approximate surface area is 113 Å². The van der Waals surface area contributed by atoms with Crippen LogP contribution in [0.2, 0.25) is 0 Å². The van der Waals surface area contributed by atoms with E-state index in [1.807, 2.05) is 0 Å². The number of carboxylic acids is 1. The minimum atomic E-state index is -0.939. The van der Waals surface area contributed by atoms with Crippen molar-refractivity contribution < 1.29 is 9.90 Å². The molecule has 1 aliphatic rings. The van der Waals surface area contributed by atoms with E-state index >= 15 is 0 Å². The molecule has 1 aliphatic heterocycles. The molecule has 2 heterocycles. The Morgan fingerprint density at radius 2 is 2.05 bits per heavy atom. The fourth-order valence-electron chi connectivity index (χ4n) is 2.68. The molecule has 1 aromatic heterocycles. The third-order valence-corrected chi connectivity index (χ3v) is 3.80. The summed E-state index contributed by atoms with van der Waals surface area (Å²) in [5, 5.41) is 11.4. The van der Waals surface area contributed by atoms with E-state index < -0.39 is 5.97 Å². The fraction of sp³-hybridized carbons (Fsp3) is 0.571. The second-order valence-electron chi connectivity index (χ2n) is 5.30. The number of aromatic nitrogens is 1. The Kier molecular flexibility index (Phi) is 4.04. The van der Waals surface area contributed by atoms with E-state index in [1.54, 1.807) is 19.2 Å². The molecule has 1 saturated heterocycles. The highest BCUT2D eigenvalue weighted by Gasteiger charge is 2.26. The Morgan fingerprint density at radius 3 is 2.63 bits per heavy atom. The van der Waals surface area contributed by atoms with Crippen molar-refractivity contribution in [2.45, 2.75) is 52.1 Å². The molecule has 2 atom stereocenters. The molecule has 5 heteroatoms. The summed E-state index contributed by atoms with van der Waals surface area (Å²) in [5.74, 6) is -0.501. The Bertz CT molecular complexity index is 466. The highest BCUT2D eigenvalue weighted by Crippen LogP contribution is 2.25. The van der Waals surface area contributed by atoms with Gasteiger partial charge in [-0.25, -0.2) is 14.8 Å². The van der Waals surface area contributed by atoms with Crippen LogP contribution < -0.4 is 5.43 Å². The van der Waals surface area contributed by atoms with Gasteiger partial charge in [0.25, 0.3) is 0 Å². The maximum Gasteiger partial charge on any atom is 0.339 e. The van der Waals surface area contributed by atoms with Crippen LogP contribution in [-0.2, 0) is 0 Å². The van der Waals surface area contributed by atoms with Gasteiger partial charge < -0.3 is 10.5 Å². The molecule has 0 saturated carbocycles. The summed E-state index contributed by atoms with van der Waals surface area (Å²) in [5.41, 5.74) is 4.19. The van der Waals surface area contributed by atoms with Crippen molar-refractivity contribution >= 4 is 11.8 Å². The van der Waals surface area contributed by atoms with Crippen LogP contribution in [0, 0.1) is 6.92 Å². The standard InChI is InChI=1S/C14H21N3O2/c1-9-7-8-15-13(12(9)14(18)19)16-17-10(2)5-4-6-11(17)3/h7-8,10-11H,4-6H2,1-3H3,(H,15,16)(H,18,19). The monoisotopic (exact) mass is 263 g/mol. The third-order valence-electron chi connectivity index (χ3n) is 3.80. The molecule has 0 aliphatic carbocycles. The number of rotatable bonds is 3. The second-order valence-corrected chi connectivity index (χ2v) is 5.30. The molecular weight excluding hydrogens is 242 g/mol. The van der Waals surface area contributed by atoms with Crippen LogP contribution in [0.4, 0.5) is 5.82 Å². The van der Waals surface area contributed by atoms with Crippen LogP contribution in [0.1, 0.15) is 49.0 Å². The van der Waals surface area contributed by atoms with Gasteiger partial charge in [0.1, 0.15) is 5.56 Å². The quantitative estimate of drug-likeness (QED) is 0.877. The minimum absolute atomic E-state index is 0.257. The lowest BCUT2D eigenvalue weighted by Gasteiger charge is -2.39. The average molecular weight is 263 g/mol. The van der Waals surface area contributed by atoms with Gasteiger partial charge in [0.05, 0.1) is 0 Å². The molecule has 0 radical (unpaired) electrons. The zero-order valence-electron chi connectivity index (χ0n) is 11.7. The lowest BCUT2D eigenvalue weighted by atomic mass is 10.00. The first-order valence-corrected chi connectivity index (χ1v) is 6.74. The van der Waals surface area contributed by atoms with Gasteiger partial charge in [-0.15, -0.1) is 0 Å². The SMILES string of the molecule is Cc1ccnc(NN2C(C)CCCC2C)c1C(=O)O. The van der Waals surface area contributed by atoms with Crippen molar-refractivity contribution in [3.8, 4) is 0 Å². The van der Waals surface area contributed by atoms with Gasteiger partial charge in [-0.3, -0.25) is 0 Å². The number of anilines is 1. The number of carbonyl (C=O) groups is 1. The van der Waals surface area contributed by atoms with Crippen molar-refractivity contribution in [2.75, 3.05) is 5.43 Å². The molecule has 2 N–H and O–H groups in total. The summed E-state index contributed by atoms with van der Waals surface area (Å²) < 4.78 is 0. The number of hydrogen-bond acceptors (Lipinski definition) is 4. The molecule has 104 valence electrons. The van der Waals surface area contributed by atoms with Crippen molar-refractivity contribution in [3.05, 3.63) is 23.4 Å². The van der Waals surface area contributed by atoms with Gasteiger partial charge >= 0.3 is 5.97 Å². The number of aryl methyl sites for hydroxylation is 1. The summed E-state index contributed by atoms with van der Waals surface area (Å²) in [6.07, 6.45) is 5.09. The topological polar surface area (TPSA) is 65.5 Å². The predicted molar refractivity (Wildman–Crippen MR) is 74.2 cm³/mol. The van der Waals surface area contributed by atoms with Gasteiger partial charge in [-0.2, -0.15) is 0 Å². The number of nitrogens with one attached hydrogen (secondary N) is 1. The van der Waals surface area contributed by atoms with E-state index in [1.165, 1.54) is 6.42 Å². The molecule has 0 amide bonds.